The van der Waals surface area contributed by atoms with Gasteiger partial charge in [-0.05, 0) is 30.6 Å². The van der Waals surface area contributed by atoms with E-state index in [4.69, 9.17) is 4.74 Å². The summed E-state index contributed by atoms with van der Waals surface area (Å²) in [5.74, 6) is 1.30. The van der Waals surface area contributed by atoms with E-state index in [-0.39, 0.29) is 24.4 Å². The molecule has 4 atom stereocenters. The van der Waals surface area contributed by atoms with Crippen LogP contribution < -0.4 is 5.32 Å². The Hall–Kier alpha value is -1.06. The zero-order valence-corrected chi connectivity index (χ0v) is 11.4. The maximum absolute atomic E-state index is 11.9. The number of amides is 1. The molecule has 1 saturated carbocycles. The third-order valence-electron chi connectivity index (χ3n) is 4.24. The molecule has 0 aromatic carbocycles. The second-order valence-electron chi connectivity index (χ2n) is 6.13. The Morgan fingerprint density at radius 1 is 1.39 bits per heavy atom. The molecule has 1 unspecified atom stereocenters. The van der Waals surface area contributed by atoms with Crippen molar-refractivity contribution in [2.24, 2.45) is 17.8 Å². The summed E-state index contributed by atoms with van der Waals surface area (Å²) in [6, 6.07) is -0.400. The van der Waals surface area contributed by atoms with Gasteiger partial charge in [-0.3, -0.25) is 4.79 Å². The summed E-state index contributed by atoms with van der Waals surface area (Å²) in [5.41, 5.74) is 0. The minimum absolute atomic E-state index is 0.0266. The fourth-order valence-electron chi connectivity index (χ4n) is 2.98. The van der Waals surface area contributed by atoms with Crippen LogP contribution in [0.3, 0.4) is 0 Å². The summed E-state index contributed by atoms with van der Waals surface area (Å²) >= 11 is 0. The number of nitrogens with one attached hydrogen (secondary N) is 1. The molecule has 1 aliphatic carbocycles. The van der Waals surface area contributed by atoms with Crippen LogP contribution in [0.25, 0.3) is 0 Å². The van der Waals surface area contributed by atoms with Crippen molar-refractivity contribution in [1.82, 2.24) is 5.32 Å². The summed E-state index contributed by atoms with van der Waals surface area (Å²) in [7, 11) is 0. The lowest BCUT2D eigenvalue weighted by Gasteiger charge is -2.38. The molecule has 1 N–H and O–H groups in total. The van der Waals surface area contributed by atoms with Crippen molar-refractivity contribution >= 4 is 11.9 Å². The molecule has 2 fully saturated rings. The van der Waals surface area contributed by atoms with Crippen LogP contribution in [0.4, 0.5) is 0 Å². The first-order valence-corrected chi connectivity index (χ1v) is 6.97. The van der Waals surface area contributed by atoms with E-state index in [1.165, 1.54) is 6.42 Å². The first-order valence-electron chi connectivity index (χ1n) is 6.97. The zero-order chi connectivity index (χ0) is 13.3. The van der Waals surface area contributed by atoms with E-state index in [1.807, 2.05) is 0 Å². The summed E-state index contributed by atoms with van der Waals surface area (Å²) < 4.78 is 5.63. The Kier molecular flexibility index (Phi) is 3.93. The summed E-state index contributed by atoms with van der Waals surface area (Å²) in [4.78, 5) is 22.7. The Labute approximate surface area is 108 Å². The lowest BCUT2D eigenvalue weighted by molar-refractivity contribution is -0.163. The molecule has 102 valence electrons. The average Bonchev–Trinajstić information content (AvgIpc) is 2.24. The topological polar surface area (TPSA) is 55.4 Å². The Bertz CT molecular complexity index is 332. The molecular weight excluding hydrogens is 230 g/mol. The van der Waals surface area contributed by atoms with Crippen molar-refractivity contribution in [3.05, 3.63) is 0 Å². The van der Waals surface area contributed by atoms with Crippen LogP contribution in [0.1, 0.15) is 46.5 Å². The molecule has 0 bridgehead atoms. The molecule has 2 aliphatic rings. The third-order valence-corrected chi connectivity index (χ3v) is 4.24. The van der Waals surface area contributed by atoms with Crippen LogP contribution in [-0.2, 0) is 14.3 Å². The standard InChI is InChI=1S/C14H23NO3/c1-8(2)10-5-4-9(3)6-12(10)18-14(17)11-7-13(16)15-11/h8-12H,4-7H2,1-3H3,(H,15,16)/t9-,10+,11+,12?/m1/s1. The molecule has 4 heteroatoms. The maximum atomic E-state index is 11.9. The van der Waals surface area contributed by atoms with Crippen molar-refractivity contribution in [1.29, 1.82) is 0 Å². The first kappa shape index (κ1) is 13.4. The highest BCUT2D eigenvalue weighted by Gasteiger charge is 2.38. The van der Waals surface area contributed by atoms with Gasteiger partial charge in [-0.2, -0.15) is 0 Å². The summed E-state index contributed by atoms with van der Waals surface area (Å²) in [6.07, 6.45) is 3.62. The molecule has 18 heavy (non-hydrogen) atoms. The normalized spacial score (nSPS) is 35.9. The lowest BCUT2D eigenvalue weighted by Crippen LogP contribution is -2.55. The van der Waals surface area contributed by atoms with Crippen molar-refractivity contribution in [2.45, 2.75) is 58.6 Å². The van der Waals surface area contributed by atoms with Crippen molar-refractivity contribution in [3.8, 4) is 0 Å². The van der Waals surface area contributed by atoms with E-state index in [9.17, 15) is 9.59 Å². The van der Waals surface area contributed by atoms with Crippen molar-refractivity contribution in [2.75, 3.05) is 0 Å². The summed E-state index contributed by atoms with van der Waals surface area (Å²) in [5, 5.41) is 2.57. The molecular formula is C14H23NO3. The monoisotopic (exact) mass is 253 g/mol. The quantitative estimate of drug-likeness (QED) is 0.617. The highest BCUT2D eigenvalue weighted by molar-refractivity contribution is 5.94. The van der Waals surface area contributed by atoms with Gasteiger partial charge in [0.2, 0.25) is 5.91 Å². The minimum atomic E-state index is -0.400. The van der Waals surface area contributed by atoms with Crippen LogP contribution in [0.15, 0.2) is 0 Å². The molecule has 1 aliphatic heterocycles. The highest BCUT2D eigenvalue weighted by atomic mass is 16.5. The number of esters is 1. The number of rotatable bonds is 3. The number of carbonyl (C=O) groups is 2. The van der Waals surface area contributed by atoms with Crippen LogP contribution in [-0.4, -0.2) is 24.0 Å². The van der Waals surface area contributed by atoms with Gasteiger partial charge in [0.25, 0.3) is 0 Å². The number of ether oxygens (including phenoxy) is 1. The van der Waals surface area contributed by atoms with Gasteiger partial charge in [0, 0.05) is 0 Å². The number of hydrogen-bond donors (Lipinski definition) is 1. The van der Waals surface area contributed by atoms with Gasteiger partial charge in [0.05, 0.1) is 6.42 Å². The average molecular weight is 253 g/mol. The predicted molar refractivity (Wildman–Crippen MR) is 67.8 cm³/mol. The van der Waals surface area contributed by atoms with Crippen LogP contribution in [0.5, 0.6) is 0 Å². The van der Waals surface area contributed by atoms with Gasteiger partial charge < -0.3 is 10.1 Å². The van der Waals surface area contributed by atoms with Crippen molar-refractivity contribution in [3.63, 3.8) is 0 Å². The van der Waals surface area contributed by atoms with E-state index in [2.05, 4.69) is 26.1 Å². The third kappa shape index (κ3) is 2.85. The number of β-lactam (4-membered cyclic amide) rings is 1. The fourth-order valence-corrected chi connectivity index (χ4v) is 2.98. The van der Waals surface area contributed by atoms with Crippen LogP contribution >= 0.6 is 0 Å². The molecule has 1 saturated heterocycles. The smallest absolute Gasteiger partial charge is 0.329 e. The largest absolute Gasteiger partial charge is 0.461 e. The van der Waals surface area contributed by atoms with E-state index in [0.717, 1.165) is 12.8 Å². The molecule has 2 rings (SSSR count). The minimum Gasteiger partial charge on any atom is -0.461 e. The van der Waals surface area contributed by atoms with Crippen LogP contribution in [0.2, 0.25) is 0 Å². The second kappa shape index (κ2) is 5.29. The molecule has 0 aromatic rings. The molecule has 0 aromatic heterocycles. The first-order chi connectivity index (χ1) is 8.47. The van der Waals surface area contributed by atoms with Gasteiger partial charge in [0.1, 0.15) is 12.1 Å². The van der Waals surface area contributed by atoms with Crippen molar-refractivity contribution < 1.29 is 14.3 Å². The second-order valence-corrected chi connectivity index (χ2v) is 6.13. The lowest BCUT2D eigenvalue weighted by atomic mass is 9.75. The fraction of sp³-hybridized carbons (Fsp3) is 0.857. The SMILES string of the molecule is CC(C)[C@@H]1CC[C@@H](C)CC1OC(=O)[C@@H]1CC(=O)N1. The Morgan fingerprint density at radius 2 is 2.06 bits per heavy atom. The van der Waals surface area contributed by atoms with E-state index >= 15 is 0 Å². The molecule has 0 radical (unpaired) electrons. The van der Waals surface area contributed by atoms with Gasteiger partial charge in [-0.25, -0.2) is 4.79 Å². The molecule has 1 amide bonds. The Morgan fingerprint density at radius 3 is 2.61 bits per heavy atom. The summed E-state index contributed by atoms with van der Waals surface area (Å²) in [6.45, 7) is 6.59. The molecule has 0 spiro atoms. The van der Waals surface area contributed by atoms with Gasteiger partial charge in [0.15, 0.2) is 0 Å². The molecule has 4 nitrogen and oxygen atoms in total. The zero-order valence-electron chi connectivity index (χ0n) is 11.4. The Balaban J connectivity index is 1.91. The molecule has 1 heterocycles. The van der Waals surface area contributed by atoms with E-state index in [0.29, 0.717) is 17.8 Å². The van der Waals surface area contributed by atoms with Crippen LogP contribution in [0, 0.1) is 17.8 Å². The number of hydrogen-bond acceptors (Lipinski definition) is 3. The van der Waals surface area contributed by atoms with Gasteiger partial charge in [-0.1, -0.05) is 27.2 Å². The predicted octanol–water partition coefficient (Wildman–Crippen LogP) is 1.88. The maximum Gasteiger partial charge on any atom is 0.329 e. The highest BCUT2D eigenvalue weighted by Crippen LogP contribution is 2.35. The van der Waals surface area contributed by atoms with Gasteiger partial charge >= 0.3 is 5.97 Å². The number of carbonyl (C=O) groups excluding carboxylic acids is 2. The van der Waals surface area contributed by atoms with E-state index in [1.54, 1.807) is 0 Å². The van der Waals surface area contributed by atoms with E-state index < -0.39 is 6.04 Å². The van der Waals surface area contributed by atoms with Gasteiger partial charge in [-0.15, -0.1) is 0 Å².